The lowest BCUT2D eigenvalue weighted by atomic mass is 10.1. The Labute approximate surface area is 83.3 Å². The molecule has 3 N–H and O–H groups in total. The zero-order valence-electron chi connectivity index (χ0n) is 8.31. The van der Waals surface area contributed by atoms with Gasteiger partial charge in [0.05, 0.1) is 13.2 Å². The topological polar surface area (TPSA) is 81.0 Å². The van der Waals surface area contributed by atoms with Gasteiger partial charge in [-0.25, -0.2) is 4.79 Å². The zero-order chi connectivity index (χ0) is 11.1. The highest BCUT2D eigenvalue weighted by molar-refractivity contribution is 5.87. The van der Waals surface area contributed by atoms with Crippen LogP contribution in [0.3, 0.4) is 0 Å². The van der Waals surface area contributed by atoms with Gasteiger partial charge in [-0.15, -0.1) is 0 Å². The summed E-state index contributed by atoms with van der Waals surface area (Å²) in [7, 11) is 0. The molecule has 0 aromatic heterocycles. The standard InChI is InChI=1S/C9H17NO4/c1-7(9(13)14)8(2)10(3-5-11)4-6-12/h8,11-12H,1,3-6H2,2H3,(H,13,14). The number of hydrogen-bond acceptors (Lipinski definition) is 4. The smallest absolute Gasteiger partial charge is 0.332 e. The van der Waals surface area contributed by atoms with E-state index in [4.69, 9.17) is 15.3 Å². The van der Waals surface area contributed by atoms with Gasteiger partial charge in [0.2, 0.25) is 0 Å². The molecular weight excluding hydrogens is 186 g/mol. The Balaban J connectivity index is 4.33. The van der Waals surface area contributed by atoms with E-state index in [-0.39, 0.29) is 24.8 Å². The van der Waals surface area contributed by atoms with Gasteiger partial charge in [-0.1, -0.05) is 6.58 Å². The second-order valence-electron chi connectivity index (χ2n) is 2.99. The molecule has 0 rings (SSSR count). The fourth-order valence-corrected chi connectivity index (χ4v) is 1.16. The van der Waals surface area contributed by atoms with Gasteiger partial charge >= 0.3 is 5.97 Å². The molecule has 0 aliphatic carbocycles. The highest BCUT2D eigenvalue weighted by Gasteiger charge is 2.19. The Kier molecular flexibility index (Phi) is 6.11. The molecule has 0 aliphatic rings. The summed E-state index contributed by atoms with van der Waals surface area (Å²) in [5.74, 6) is -1.06. The van der Waals surface area contributed by atoms with Gasteiger partial charge < -0.3 is 15.3 Å². The molecule has 5 nitrogen and oxygen atoms in total. The highest BCUT2D eigenvalue weighted by atomic mass is 16.4. The van der Waals surface area contributed by atoms with Crippen LogP contribution in [0, 0.1) is 0 Å². The molecule has 0 aliphatic heterocycles. The molecule has 1 unspecified atom stereocenters. The minimum Gasteiger partial charge on any atom is -0.478 e. The number of carbonyl (C=O) groups is 1. The number of aliphatic hydroxyl groups excluding tert-OH is 2. The van der Waals surface area contributed by atoms with Gasteiger partial charge in [0, 0.05) is 24.7 Å². The molecule has 0 amide bonds. The van der Waals surface area contributed by atoms with Crippen molar-refractivity contribution < 1.29 is 20.1 Å². The van der Waals surface area contributed by atoms with Crippen LogP contribution in [-0.2, 0) is 4.79 Å². The molecule has 0 heterocycles. The fourth-order valence-electron chi connectivity index (χ4n) is 1.16. The minimum atomic E-state index is -1.06. The zero-order valence-corrected chi connectivity index (χ0v) is 8.31. The highest BCUT2D eigenvalue weighted by Crippen LogP contribution is 2.07. The lowest BCUT2D eigenvalue weighted by Gasteiger charge is -2.27. The molecule has 1 atom stereocenters. The molecule has 0 bridgehead atoms. The molecule has 0 saturated heterocycles. The van der Waals surface area contributed by atoms with Crippen LogP contribution in [0.2, 0.25) is 0 Å². The fraction of sp³-hybridized carbons (Fsp3) is 0.667. The normalized spacial score (nSPS) is 12.9. The number of aliphatic hydroxyl groups is 2. The first-order valence-corrected chi connectivity index (χ1v) is 4.42. The molecule has 0 radical (unpaired) electrons. The molecule has 82 valence electrons. The van der Waals surface area contributed by atoms with Crippen molar-refractivity contribution in [2.75, 3.05) is 26.3 Å². The van der Waals surface area contributed by atoms with E-state index >= 15 is 0 Å². The molecule has 0 spiro atoms. The van der Waals surface area contributed by atoms with Gasteiger partial charge in [-0.3, -0.25) is 4.90 Å². The Morgan fingerprint density at radius 1 is 1.36 bits per heavy atom. The Hall–Kier alpha value is -0.910. The second kappa shape index (κ2) is 6.53. The summed E-state index contributed by atoms with van der Waals surface area (Å²) in [5, 5.41) is 26.2. The summed E-state index contributed by atoms with van der Waals surface area (Å²) in [6.07, 6.45) is 0. The van der Waals surface area contributed by atoms with Gasteiger partial charge in [0.25, 0.3) is 0 Å². The Morgan fingerprint density at radius 2 is 1.79 bits per heavy atom. The molecule has 0 fully saturated rings. The van der Waals surface area contributed by atoms with Crippen molar-refractivity contribution in [3.05, 3.63) is 12.2 Å². The summed E-state index contributed by atoms with van der Waals surface area (Å²) >= 11 is 0. The first-order valence-electron chi connectivity index (χ1n) is 4.42. The van der Waals surface area contributed by atoms with E-state index in [2.05, 4.69) is 6.58 Å². The van der Waals surface area contributed by atoms with E-state index in [1.54, 1.807) is 11.8 Å². The quantitative estimate of drug-likeness (QED) is 0.477. The van der Waals surface area contributed by atoms with Crippen molar-refractivity contribution in [2.24, 2.45) is 0 Å². The summed E-state index contributed by atoms with van der Waals surface area (Å²) in [6, 6.07) is -0.383. The van der Waals surface area contributed by atoms with Crippen LogP contribution in [0.25, 0.3) is 0 Å². The predicted molar refractivity (Wildman–Crippen MR) is 52.0 cm³/mol. The third-order valence-corrected chi connectivity index (χ3v) is 2.10. The van der Waals surface area contributed by atoms with E-state index in [9.17, 15) is 4.79 Å². The van der Waals surface area contributed by atoms with E-state index in [1.807, 2.05) is 0 Å². The second-order valence-corrected chi connectivity index (χ2v) is 2.99. The van der Waals surface area contributed by atoms with Crippen LogP contribution in [0.15, 0.2) is 12.2 Å². The predicted octanol–water partition coefficient (Wildman–Crippen LogP) is -0.698. The monoisotopic (exact) mass is 203 g/mol. The number of aliphatic carboxylic acids is 1. The van der Waals surface area contributed by atoms with Gasteiger partial charge in [0.1, 0.15) is 0 Å². The molecule has 5 heteroatoms. The van der Waals surface area contributed by atoms with Crippen molar-refractivity contribution in [3.8, 4) is 0 Å². The van der Waals surface area contributed by atoms with Crippen LogP contribution >= 0.6 is 0 Å². The number of hydrogen-bond donors (Lipinski definition) is 3. The first kappa shape index (κ1) is 13.1. The Morgan fingerprint density at radius 3 is 2.07 bits per heavy atom. The van der Waals surface area contributed by atoms with Crippen LogP contribution < -0.4 is 0 Å². The molecule has 0 saturated carbocycles. The summed E-state index contributed by atoms with van der Waals surface area (Å²) < 4.78 is 0. The number of carboxylic acid groups (broad SMARTS) is 1. The van der Waals surface area contributed by atoms with Crippen molar-refractivity contribution >= 4 is 5.97 Å². The minimum absolute atomic E-state index is 0.0619. The van der Waals surface area contributed by atoms with Crippen LogP contribution in [0.1, 0.15) is 6.92 Å². The van der Waals surface area contributed by atoms with Gasteiger partial charge in [-0.2, -0.15) is 0 Å². The maximum absolute atomic E-state index is 10.6. The number of nitrogens with zero attached hydrogens (tertiary/aromatic N) is 1. The summed E-state index contributed by atoms with van der Waals surface area (Å²) in [5.41, 5.74) is 0.0619. The maximum atomic E-state index is 10.6. The number of carboxylic acids is 1. The largest absolute Gasteiger partial charge is 0.478 e. The average Bonchev–Trinajstić information content (AvgIpc) is 2.15. The summed E-state index contributed by atoms with van der Waals surface area (Å²) in [4.78, 5) is 12.3. The SMILES string of the molecule is C=C(C(=O)O)C(C)N(CCO)CCO. The van der Waals surface area contributed by atoms with Crippen molar-refractivity contribution in [1.82, 2.24) is 4.90 Å². The summed E-state index contributed by atoms with van der Waals surface area (Å²) in [6.45, 7) is 5.63. The third-order valence-electron chi connectivity index (χ3n) is 2.10. The molecule has 0 aromatic rings. The van der Waals surface area contributed by atoms with E-state index in [1.165, 1.54) is 0 Å². The van der Waals surface area contributed by atoms with Crippen molar-refractivity contribution in [2.45, 2.75) is 13.0 Å². The maximum Gasteiger partial charge on any atom is 0.332 e. The van der Waals surface area contributed by atoms with Crippen LogP contribution in [0.4, 0.5) is 0 Å². The van der Waals surface area contributed by atoms with Crippen LogP contribution in [0.5, 0.6) is 0 Å². The lowest BCUT2D eigenvalue weighted by Crippen LogP contribution is -2.40. The number of rotatable bonds is 7. The first-order chi connectivity index (χ1) is 6.54. The van der Waals surface area contributed by atoms with E-state index < -0.39 is 5.97 Å². The van der Waals surface area contributed by atoms with Crippen molar-refractivity contribution in [3.63, 3.8) is 0 Å². The molecular formula is C9H17NO4. The molecule has 14 heavy (non-hydrogen) atoms. The van der Waals surface area contributed by atoms with Gasteiger partial charge in [0.15, 0.2) is 0 Å². The van der Waals surface area contributed by atoms with E-state index in [0.29, 0.717) is 13.1 Å². The lowest BCUT2D eigenvalue weighted by molar-refractivity contribution is -0.133. The Bertz CT molecular complexity index is 199. The van der Waals surface area contributed by atoms with Crippen molar-refractivity contribution in [1.29, 1.82) is 0 Å². The molecule has 0 aromatic carbocycles. The van der Waals surface area contributed by atoms with Gasteiger partial charge in [-0.05, 0) is 6.92 Å². The average molecular weight is 203 g/mol. The van der Waals surface area contributed by atoms with Crippen LogP contribution in [-0.4, -0.2) is 58.5 Å². The van der Waals surface area contributed by atoms with E-state index in [0.717, 1.165) is 0 Å². The third kappa shape index (κ3) is 3.87.